The molecule has 0 fully saturated rings. The van der Waals surface area contributed by atoms with Crippen molar-refractivity contribution in [2.45, 2.75) is 0 Å². The van der Waals surface area contributed by atoms with Crippen molar-refractivity contribution < 1.29 is 4.79 Å². The second kappa shape index (κ2) is 5.65. The Morgan fingerprint density at radius 3 is 2.41 bits per heavy atom. The van der Waals surface area contributed by atoms with Crippen LogP contribution in [0, 0.1) is 0 Å². The second-order valence-corrected chi connectivity index (χ2v) is 4.76. The van der Waals surface area contributed by atoms with E-state index in [2.05, 4.69) is 10.3 Å². The van der Waals surface area contributed by atoms with Crippen molar-refractivity contribution in [3.8, 4) is 11.1 Å². The molecule has 3 N–H and O–H groups in total. The number of benzene rings is 2. The van der Waals surface area contributed by atoms with Crippen LogP contribution in [0.3, 0.4) is 0 Å². The van der Waals surface area contributed by atoms with Gasteiger partial charge in [-0.1, -0.05) is 48.5 Å². The van der Waals surface area contributed by atoms with Crippen LogP contribution in [0.2, 0.25) is 0 Å². The van der Waals surface area contributed by atoms with Crippen LogP contribution < -0.4 is 16.6 Å². The summed E-state index contributed by atoms with van der Waals surface area (Å²) in [6.45, 7) is 0. The maximum Gasteiger partial charge on any atom is 0.316 e. The number of rotatable bonds is 2. The molecule has 2 aromatic carbocycles. The molecule has 0 aliphatic heterocycles. The Morgan fingerprint density at radius 2 is 1.68 bits per heavy atom. The number of nitrogens with two attached hydrogens (primary N) is 1. The molecule has 0 unspecified atom stereocenters. The van der Waals surface area contributed by atoms with Gasteiger partial charge in [0.05, 0.1) is 5.52 Å². The summed E-state index contributed by atoms with van der Waals surface area (Å²) in [5, 5.41) is 3.16. The van der Waals surface area contributed by atoms with Gasteiger partial charge >= 0.3 is 6.03 Å². The van der Waals surface area contributed by atoms with Gasteiger partial charge in [-0.05, 0) is 23.3 Å². The van der Waals surface area contributed by atoms with E-state index in [-0.39, 0.29) is 5.69 Å². The maximum atomic E-state index is 12.2. The fourth-order valence-electron chi connectivity index (χ4n) is 2.33. The largest absolute Gasteiger partial charge is 0.351 e. The molecule has 1 heterocycles. The molecule has 0 atom stereocenters. The molecule has 3 aromatic rings. The van der Waals surface area contributed by atoms with Gasteiger partial charge in [0.2, 0.25) is 0 Å². The number of para-hydroxylation sites is 1. The predicted molar refractivity (Wildman–Crippen MR) is 86.7 cm³/mol. The third kappa shape index (κ3) is 2.64. The zero-order chi connectivity index (χ0) is 15.5. The third-order valence-corrected chi connectivity index (χ3v) is 3.28. The number of hydrogen-bond donors (Lipinski definition) is 2. The summed E-state index contributed by atoms with van der Waals surface area (Å²) in [6.07, 6.45) is 0. The van der Waals surface area contributed by atoms with Gasteiger partial charge in [0.1, 0.15) is 5.69 Å². The van der Waals surface area contributed by atoms with Gasteiger partial charge < -0.3 is 11.1 Å². The van der Waals surface area contributed by atoms with Crippen molar-refractivity contribution in [2.24, 2.45) is 5.73 Å². The van der Waals surface area contributed by atoms with E-state index in [1.807, 2.05) is 48.5 Å². The van der Waals surface area contributed by atoms with Crippen molar-refractivity contribution in [3.05, 3.63) is 71.0 Å². The molecule has 108 valence electrons. The summed E-state index contributed by atoms with van der Waals surface area (Å²) in [5.41, 5.74) is 6.94. The van der Waals surface area contributed by atoms with Crippen molar-refractivity contribution in [2.75, 3.05) is 5.32 Å². The average molecular weight is 291 g/mol. The Morgan fingerprint density at radius 1 is 1.00 bits per heavy atom. The topological polar surface area (TPSA) is 85.1 Å². The van der Waals surface area contributed by atoms with Crippen LogP contribution in [0.1, 0.15) is 0 Å². The van der Waals surface area contributed by atoms with Crippen LogP contribution in [-0.2, 0) is 0 Å². The van der Waals surface area contributed by atoms with E-state index in [0.717, 1.165) is 16.5 Å². The van der Waals surface area contributed by atoms with Crippen LogP contribution in [0.5, 0.6) is 0 Å². The summed E-state index contributed by atoms with van der Waals surface area (Å²) in [6, 6.07) is 17.7. The van der Waals surface area contributed by atoms with Crippen LogP contribution in [-0.4, -0.2) is 11.0 Å². The standard InChI is InChI=1S/C17H13N3O2/c18-17(22)20-15-10-13(11-6-2-1-3-7-11)12-8-4-5-9-14(12)19-16(15)21/h1-10H,(H3,18,19,20,21,22). The molecule has 0 spiro atoms. The third-order valence-electron chi connectivity index (χ3n) is 3.28. The van der Waals surface area contributed by atoms with E-state index in [1.54, 1.807) is 12.1 Å². The number of nitrogens with one attached hydrogen (secondary N) is 1. The van der Waals surface area contributed by atoms with Crippen LogP contribution in [0.4, 0.5) is 10.5 Å². The predicted octanol–water partition coefficient (Wildman–Crippen LogP) is 2.75. The Labute approximate surface area is 126 Å². The number of anilines is 1. The van der Waals surface area contributed by atoms with Crippen LogP contribution >= 0.6 is 0 Å². The molecule has 5 nitrogen and oxygen atoms in total. The number of hydrogen-bond acceptors (Lipinski definition) is 3. The molecule has 0 saturated carbocycles. The van der Waals surface area contributed by atoms with E-state index in [4.69, 9.17) is 5.73 Å². The zero-order valence-electron chi connectivity index (χ0n) is 11.6. The van der Waals surface area contributed by atoms with Crippen molar-refractivity contribution in [1.82, 2.24) is 4.98 Å². The summed E-state index contributed by atoms with van der Waals surface area (Å²) in [7, 11) is 0. The minimum absolute atomic E-state index is 0.0579. The second-order valence-electron chi connectivity index (χ2n) is 4.76. The number of urea groups is 1. The summed E-state index contributed by atoms with van der Waals surface area (Å²) in [5.74, 6) is 0. The molecule has 0 saturated heterocycles. The summed E-state index contributed by atoms with van der Waals surface area (Å²) >= 11 is 0. The molecule has 0 aliphatic rings. The molecule has 3 rings (SSSR count). The van der Waals surface area contributed by atoms with E-state index in [9.17, 15) is 9.59 Å². The molecule has 0 aliphatic carbocycles. The number of carbonyl (C=O) groups excluding carboxylic acids is 1. The first-order valence-electron chi connectivity index (χ1n) is 6.71. The van der Waals surface area contributed by atoms with E-state index >= 15 is 0 Å². The zero-order valence-corrected chi connectivity index (χ0v) is 11.6. The summed E-state index contributed by atoms with van der Waals surface area (Å²) < 4.78 is 0. The monoisotopic (exact) mass is 291 g/mol. The van der Waals surface area contributed by atoms with E-state index in [1.165, 1.54) is 0 Å². The number of amides is 2. The molecule has 22 heavy (non-hydrogen) atoms. The molecule has 1 aromatic heterocycles. The number of carbonyl (C=O) groups is 1. The Hall–Kier alpha value is -3.21. The highest BCUT2D eigenvalue weighted by Crippen LogP contribution is 2.27. The fourth-order valence-corrected chi connectivity index (χ4v) is 2.33. The minimum Gasteiger partial charge on any atom is -0.351 e. The first-order valence-corrected chi connectivity index (χ1v) is 6.71. The smallest absolute Gasteiger partial charge is 0.316 e. The first-order chi connectivity index (χ1) is 10.6. The van der Waals surface area contributed by atoms with Gasteiger partial charge in [0.25, 0.3) is 5.56 Å². The van der Waals surface area contributed by atoms with Gasteiger partial charge in [-0.3, -0.25) is 4.79 Å². The lowest BCUT2D eigenvalue weighted by Gasteiger charge is -2.03. The lowest BCUT2D eigenvalue weighted by molar-refractivity contribution is 0.259. The number of nitrogens with zero attached hydrogens (tertiary/aromatic N) is 1. The van der Waals surface area contributed by atoms with Crippen molar-refractivity contribution in [3.63, 3.8) is 0 Å². The lowest BCUT2D eigenvalue weighted by Crippen LogP contribution is -2.23. The SMILES string of the molecule is NC(=O)Nc1cc(-c2ccccc2)c2ccccc2nc1=O. The fraction of sp³-hybridized carbons (Fsp3) is 0. The van der Waals surface area contributed by atoms with Crippen LogP contribution in [0.25, 0.3) is 22.0 Å². The molecular weight excluding hydrogens is 278 g/mol. The quantitative estimate of drug-likeness (QED) is 0.761. The Bertz CT molecular complexity index is 908. The van der Waals surface area contributed by atoms with E-state index < -0.39 is 11.6 Å². The van der Waals surface area contributed by atoms with Gasteiger partial charge in [-0.15, -0.1) is 0 Å². The molecule has 0 bridgehead atoms. The molecule has 5 heteroatoms. The lowest BCUT2D eigenvalue weighted by atomic mass is 10.0. The number of primary amides is 1. The minimum atomic E-state index is -0.798. The normalized spacial score (nSPS) is 10.4. The number of aromatic nitrogens is 1. The van der Waals surface area contributed by atoms with Gasteiger partial charge in [-0.25, -0.2) is 9.78 Å². The summed E-state index contributed by atoms with van der Waals surface area (Å²) in [4.78, 5) is 27.3. The molecular formula is C17H13N3O2. The van der Waals surface area contributed by atoms with Crippen LogP contribution in [0.15, 0.2) is 65.5 Å². The number of fused-ring (bicyclic) bond motifs is 1. The molecule has 0 radical (unpaired) electrons. The van der Waals surface area contributed by atoms with Gasteiger partial charge in [0, 0.05) is 5.39 Å². The Kier molecular flexibility index (Phi) is 3.53. The van der Waals surface area contributed by atoms with Gasteiger partial charge in [-0.2, -0.15) is 0 Å². The van der Waals surface area contributed by atoms with Gasteiger partial charge in [0.15, 0.2) is 0 Å². The highest BCUT2D eigenvalue weighted by atomic mass is 16.2. The average Bonchev–Trinajstić information content (AvgIpc) is 2.65. The first kappa shape index (κ1) is 13.8. The highest BCUT2D eigenvalue weighted by molar-refractivity contribution is 5.96. The van der Waals surface area contributed by atoms with E-state index in [0.29, 0.717) is 5.52 Å². The molecule has 2 amide bonds. The van der Waals surface area contributed by atoms with Crippen molar-refractivity contribution in [1.29, 1.82) is 0 Å². The Balaban J connectivity index is 2.40. The van der Waals surface area contributed by atoms with Crippen molar-refractivity contribution >= 4 is 22.6 Å². The highest BCUT2D eigenvalue weighted by Gasteiger charge is 2.09. The maximum absolute atomic E-state index is 12.2.